The summed E-state index contributed by atoms with van der Waals surface area (Å²) in [7, 11) is 0. The lowest BCUT2D eigenvalue weighted by Gasteiger charge is -2.26. The van der Waals surface area contributed by atoms with Crippen molar-refractivity contribution in [1.82, 2.24) is 0 Å². The molecule has 4 heteroatoms. The zero-order valence-corrected chi connectivity index (χ0v) is 12.2. The number of carboxylic acid groups (broad SMARTS) is 1. The molecule has 0 saturated heterocycles. The van der Waals surface area contributed by atoms with Crippen LogP contribution in [0, 0.1) is 0 Å². The van der Waals surface area contributed by atoms with Crippen LogP contribution in [-0.2, 0) is 11.3 Å². The zero-order chi connectivity index (χ0) is 15.2. The van der Waals surface area contributed by atoms with E-state index in [4.69, 9.17) is 9.52 Å². The Hall–Kier alpha value is -2.49. The van der Waals surface area contributed by atoms with Crippen molar-refractivity contribution in [1.29, 1.82) is 0 Å². The molecule has 4 nitrogen and oxygen atoms in total. The van der Waals surface area contributed by atoms with Crippen LogP contribution in [0.5, 0.6) is 0 Å². The highest BCUT2D eigenvalue weighted by Crippen LogP contribution is 2.23. The van der Waals surface area contributed by atoms with E-state index < -0.39 is 5.97 Å². The van der Waals surface area contributed by atoms with Crippen LogP contribution in [-0.4, -0.2) is 17.1 Å². The summed E-state index contributed by atoms with van der Waals surface area (Å²) in [6.45, 7) is 4.94. The summed E-state index contributed by atoms with van der Waals surface area (Å²) in [6, 6.07) is 14.1. The lowest BCUT2D eigenvalue weighted by Crippen LogP contribution is -2.29. The summed E-state index contributed by atoms with van der Waals surface area (Å²) in [4.78, 5) is 12.7. The Kier molecular flexibility index (Phi) is 4.82. The van der Waals surface area contributed by atoms with Gasteiger partial charge in [0.25, 0.3) is 0 Å². The van der Waals surface area contributed by atoms with E-state index in [2.05, 4.69) is 30.9 Å². The first kappa shape index (κ1) is 14.9. The van der Waals surface area contributed by atoms with Crippen LogP contribution in [0.1, 0.15) is 25.2 Å². The first-order chi connectivity index (χ1) is 10.1. The maximum Gasteiger partial charge on any atom is 0.328 e. The minimum absolute atomic E-state index is 0.271. The van der Waals surface area contributed by atoms with E-state index in [-0.39, 0.29) is 6.04 Å². The molecule has 0 bridgehead atoms. The van der Waals surface area contributed by atoms with Crippen molar-refractivity contribution in [3.63, 3.8) is 0 Å². The molecule has 110 valence electrons. The number of furan rings is 1. The molecular weight excluding hydrogens is 266 g/mol. The average Bonchev–Trinajstić information content (AvgIpc) is 2.92. The van der Waals surface area contributed by atoms with E-state index in [1.165, 1.54) is 11.6 Å². The van der Waals surface area contributed by atoms with Crippen LogP contribution in [0.4, 0.5) is 5.88 Å². The van der Waals surface area contributed by atoms with Gasteiger partial charge in [-0.05, 0) is 31.6 Å². The van der Waals surface area contributed by atoms with E-state index in [0.717, 1.165) is 18.5 Å². The number of rotatable bonds is 6. The van der Waals surface area contributed by atoms with E-state index in [0.29, 0.717) is 5.76 Å². The fraction of sp³-hybridized carbons (Fsp3) is 0.235. The minimum Gasteiger partial charge on any atom is -0.478 e. The fourth-order valence-corrected chi connectivity index (χ4v) is 2.03. The molecule has 1 aromatic heterocycles. The third-order valence-corrected chi connectivity index (χ3v) is 3.10. The van der Waals surface area contributed by atoms with E-state index in [1.807, 2.05) is 24.3 Å². The molecule has 0 aliphatic rings. The minimum atomic E-state index is -0.988. The second-order valence-electron chi connectivity index (χ2n) is 5.05. The van der Waals surface area contributed by atoms with E-state index in [1.54, 1.807) is 6.07 Å². The highest BCUT2D eigenvalue weighted by molar-refractivity contribution is 5.84. The van der Waals surface area contributed by atoms with Crippen molar-refractivity contribution >= 4 is 17.9 Å². The molecule has 0 fully saturated rings. The first-order valence-electron chi connectivity index (χ1n) is 6.87. The molecule has 1 N–H and O–H groups in total. The average molecular weight is 285 g/mol. The van der Waals surface area contributed by atoms with Crippen LogP contribution in [0.15, 0.2) is 53.0 Å². The number of benzene rings is 1. The zero-order valence-electron chi connectivity index (χ0n) is 12.2. The number of nitrogens with zero attached hydrogens (tertiary/aromatic N) is 1. The van der Waals surface area contributed by atoms with Crippen LogP contribution in [0.2, 0.25) is 0 Å². The molecule has 1 aromatic carbocycles. The lowest BCUT2D eigenvalue weighted by molar-refractivity contribution is -0.131. The molecule has 0 atom stereocenters. The van der Waals surface area contributed by atoms with E-state index in [9.17, 15) is 4.79 Å². The maximum absolute atomic E-state index is 10.5. The largest absolute Gasteiger partial charge is 0.478 e. The van der Waals surface area contributed by atoms with Gasteiger partial charge in [0, 0.05) is 24.7 Å². The topological polar surface area (TPSA) is 53.7 Å². The van der Waals surface area contributed by atoms with Gasteiger partial charge in [-0.2, -0.15) is 0 Å². The van der Waals surface area contributed by atoms with Gasteiger partial charge in [-0.1, -0.05) is 30.3 Å². The van der Waals surface area contributed by atoms with Crippen molar-refractivity contribution in [2.45, 2.75) is 26.4 Å². The van der Waals surface area contributed by atoms with Gasteiger partial charge in [-0.3, -0.25) is 0 Å². The Morgan fingerprint density at radius 1 is 1.24 bits per heavy atom. The van der Waals surface area contributed by atoms with Gasteiger partial charge >= 0.3 is 5.97 Å². The molecule has 21 heavy (non-hydrogen) atoms. The summed E-state index contributed by atoms with van der Waals surface area (Å²) in [6.07, 6.45) is 2.52. The number of carbonyl (C=O) groups is 1. The SMILES string of the molecule is CC(C)N(Cc1ccccc1)c1ccc(/C=C/C(=O)O)o1. The summed E-state index contributed by atoms with van der Waals surface area (Å²) in [5, 5.41) is 8.63. The van der Waals surface area contributed by atoms with Crippen LogP contribution in [0.25, 0.3) is 6.08 Å². The van der Waals surface area contributed by atoms with Gasteiger partial charge in [-0.25, -0.2) is 4.79 Å². The van der Waals surface area contributed by atoms with Crippen LogP contribution >= 0.6 is 0 Å². The Morgan fingerprint density at radius 2 is 1.95 bits per heavy atom. The maximum atomic E-state index is 10.5. The van der Waals surface area contributed by atoms with E-state index >= 15 is 0 Å². The summed E-state index contributed by atoms with van der Waals surface area (Å²) in [5.74, 6) is 0.281. The number of hydrogen-bond donors (Lipinski definition) is 1. The highest BCUT2D eigenvalue weighted by atomic mass is 16.4. The summed E-state index contributed by atoms with van der Waals surface area (Å²) < 4.78 is 5.71. The molecule has 0 unspecified atom stereocenters. The monoisotopic (exact) mass is 285 g/mol. The number of aliphatic carboxylic acids is 1. The molecule has 2 rings (SSSR count). The Balaban J connectivity index is 2.17. The van der Waals surface area contributed by atoms with Gasteiger partial charge in [0.05, 0.1) is 0 Å². The normalized spacial score (nSPS) is 11.2. The molecule has 0 spiro atoms. The third-order valence-electron chi connectivity index (χ3n) is 3.10. The standard InChI is InChI=1S/C17H19NO3/c1-13(2)18(12-14-6-4-3-5-7-14)16-10-8-15(21-16)9-11-17(19)20/h3-11,13H,12H2,1-2H3,(H,19,20)/b11-9+. The first-order valence-corrected chi connectivity index (χ1v) is 6.87. The highest BCUT2D eigenvalue weighted by Gasteiger charge is 2.14. The quantitative estimate of drug-likeness (QED) is 0.820. The number of carboxylic acids is 1. The fourth-order valence-electron chi connectivity index (χ4n) is 2.03. The lowest BCUT2D eigenvalue weighted by atomic mass is 10.2. The Labute approximate surface area is 124 Å². The molecule has 1 heterocycles. The van der Waals surface area contributed by atoms with Crippen molar-refractivity contribution in [3.05, 3.63) is 59.9 Å². The number of anilines is 1. The van der Waals surface area contributed by atoms with Gasteiger partial charge < -0.3 is 14.4 Å². The molecule has 2 aromatic rings. The van der Waals surface area contributed by atoms with Gasteiger partial charge in [0.2, 0.25) is 0 Å². The van der Waals surface area contributed by atoms with Gasteiger partial charge in [-0.15, -0.1) is 0 Å². The van der Waals surface area contributed by atoms with Gasteiger partial charge in [0.15, 0.2) is 5.88 Å². The molecule has 0 aliphatic heterocycles. The smallest absolute Gasteiger partial charge is 0.328 e. The van der Waals surface area contributed by atoms with Crippen molar-refractivity contribution < 1.29 is 14.3 Å². The van der Waals surface area contributed by atoms with Crippen molar-refractivity contribution in [3.8, 4) is 0 Å². The van der Waals surface area contributed by atoms with Crippen LogP contribution < -0.4 is 4.90 Å². The van der Waals surface area contributed by atoms with Gasteiger partial charge in [0.1, 0.15) is 5.76 Å². The molecular formula is C17H19NO3. The van der Waals surface area contributed by atoms with Crippen molar-refractivity contribution in [2.24, 2.45) is 0 Å². The predicted molar refractivity (Wildman–Crippen MR) is 83.1 cm³/mol. The third kappa shape index (κ3) is 4.24. The molecule has 0 saturated carbocycles. The second-order valence-corrected chi connectivity index (χ2v) is 5.05. The Morgan fingerprint density at radius 3 is 2.57 bits per heavy atom. The molecule has 0 radical (unpaired) electrons. The number of hydrogen-bond acceptors (Lipinski definition) is 3. The summed E-state index contributed by atoms with van der Waals surface area (Å²) in [5.41, 5.74) is 1.20. The Bertz CT molecular complexity index is 614. The second kappa shape index (κ2) is 6.79. The summed E-state index contributed by atoms with van der Waals surface area (Å²) >= 11 is 0. The van der Waals surface area contributed by atoms with Crippen LogP contribution in [0.3, 0.4) is 0 Å². The molecule has 0 amide bonds. The van der Waals surface area contributed by atoms with Crippen molar-refractivity contribution in [2.75, 3.05) is 4.90 Å². The molecule has 0 aliphatic carbocycles. The predicted octanol–water partition coefficient (Wildman–Crippen LogP) is 3.79.